The number of hydrogen-bond donors (Lipinski definition) is 0. The highest BCUT2D eigenvalue weighted by molar-refractivity contribution is 6.60. The number of halogens is 1. The molecule has 0 spiro atoms. The van der Waals surface area contributed by atoms with E-state index in [1.54, 1.807) is 0 Å². The second kappa shape index (κ2) is 14.6. The molecule has 0 N–H and O–H groups in total. The van der Waals surface area contributed by atoms with E-state index in [1.807, 2.05) is 6.92 Å². The lowest BCUT2D eigenvalue weighted by Gasteiger charge is -2.30. The minimum Gasteiger partial charge on any atom is -0.373 e. The quantitative estimate of drug-likeness (QED) is 0.167. The molecule has 0 saturated heterocycles. The summed E-state index contributed by atoms with van der Waals surface area (Å²) in [4.78, 5) is 0. The maximum Gasteiger partial charge on any atom is 0.501 e. The summed E-state index contributed by atoms with van der Waals surface area (Å²) in [6.07, 6.45) is 7.37. The van der Waals surface area contributed by atoms with Gasteiger partial charge in [0.15, 0.2) is 0 Å². The van der Waals surface area contributed by atoms with E-state index in [2.05, 4.69) is 45.0 Å². The van der Waals surface area contributed by atoms with E-state index in [0.29, 0.717) is 0 Å². The minimum atomic E-state index is -2.67. The average Bonchev–Trinajstić information content (AvgIpc) is 2.67. The Morgan fingerprint density at radius 2 is 1.41 bits per heavy atom. The second-order valence-corrected chi connectivity index (χ2v) is 10.5. The van der Waals surface area contributed by atoms with E-state index < -0.39 is 8.80 Å². The fourth-order valence-corrected chi connectivity index (χ4v) is 5.53. The number of benzene rings is 1. The molecule has 5 heteroatoms. The Bertz CT molecular complexity index is 470. The molecule has 1 unspecified atom stereocenters. The summed E-state index contributed by atoms with van der Waals surface area (Å²) in [6, 6.07) is 9.34. The molecule has 0 saturated carbocycles. The molecular formula is C22H39ClO3Si. The number of rotatable bonds is 16. The Morgan fingerprint density at radius 3 is 1.85 bits per heavy atom. The van der Waals surface area contributed by atoms with Crippen molar-refractivity contribution in [1.29, 1.82) is 0 Å². The van der Waals surface area contributed by atoms with Crippen molar-refractivity contribution in [3.05, 3.63) is 35.4 Å². The van der Waals surface area contributed by atoms with Gasteiger partial charge in [-0.1, -0.05) is 64.3 Å². The molecule has 1 rings (SSSR count). The van der Waals surface area contributed by atoms with Crippen molar-refractivity contribution in [2.45, 2.75) is 84.1 Å². The SMILES string of the molecule is CCCCO[Si](CCc1cccc(C(C)Cl)c1)(OCCCC)OCCCC. The first kappa shape index (κ1) is 24.6. The van der Waals surface area contributed by atoms with Crippen LogP contribution in [-0.4, -0.2) is 28.6 Å². The van der Waals surface area contributed by atoms with Gasteiger partial charge in [-0.3, -0.25) is 0 Å². The summed E-state index contributed by atoms with van der Waals surface area (Å²) < 4.78 is 19.0. The first-order chi connectivity index (χ1) is 13.1. The lowest BCUT2D eigenvalue weighted by atomic mass is 10.1. The van der Waals surface area contributed by atoms with Crippen LogP contribution in [-0.2, 0) is 19.7 Å². The molecule has 0 aromatic heterocycles. The number of aryl methyl sites for hydroxylation is 1. The monoisotopic (exact) mass is 414 g/mol. The van der Waals surface area contributed by atoms with E-state index in [4.69, 9.17) is 24.9 Å². The van der Waals surface area contributed by atoms with Gasteiger partial charge in [0.1, 0.15) is 0 Å². The highest BCUT2D eigenvalue weighted by atomic mass is 35.5. The fraction of sp³-hybridized carbons (Fsp3) is 0.727. The van der Waals surface area contributed by atoms with Crippen LogP contribution >= 0.6 is 11.6 Å². The molecule has 156 valence electrons. The van der Waals surface area contributed by atoms with Crippen LogP contribution in [0.15, 0.2) is 24.3 Å². The summed E-state index contributed by atoms with van der Waals surface area (Å²) in [6.45, 7) is 10.7. The number of unbranched alkanes of at least 4 members (excludes halogenated alkanes) is 3. The van der Waals surface area contributed by atoms with Crippen LogP contribution in [0.1, 0.15) is 82.7 Å². The van der Waals surface area contributed by atoms with Crippen molar-refractivity contribution in [2.75, 3.05) is 19.8 Å². The van der Waals surface area contributed by atoms with Gasteiger partial charge in [0.2, 0.25) is 0 Å². The zero-order valence-electron chi connectivity index (χ0n) is 17.8. The Morgan fingerprint density at radius 1 is 0.889 bits per heavy atom. The molecule has 0 aliphatic rings. The zero-order chi connectivity index (χ0) is 20.0. The maximum atomic E-state index is 6.33. The highest BCUT2D eigenvalue weighted by Gasteiger charge is 2.40. The van der Waals surface area contributed by atoms with Crippen LogP contribution in [0.5, 0.6) is 0 Å². The Balaban J connectivity index is 2.84. The largest absolute Gasteiger partial charge is 0.501 e. The van der Waals surface area contributed by atoms with Gasteiger partial charge >= 0.3 is 8.80 Å². The smallest absolute Gasteiger partial charge is 0.373 e. The lowest BCUT2D eigenvalue weighted by molar-refractivity contribution is 0.0564. The van der Waals surface area contributed by atoms with Crippen LogP contribution < -0.4 is 0 Å². The highest BCUT2D eigenvalue weighted by Crippen LogP contribution is 2.24. The van der Waals surface area contributed by atoms with Crippen molar-refractivity contribution in [3.63, 3.8) is 0 Å². The molecule has 0 bridgehead atoms. The van der Waals surface area contributed by atoms with Crippen molar-refractivity contribution < 1.29 is 13.3 Å². The van der Waals surface area contributed by atoms with Gasteiger partial charge in [0.25, 0.3) is 0 Å². The minimum absolute atomic E-state index is 0.0226. The van der Waals surface area contributed by atoms with Gasteiger partial charge in [-0.2, -0.15) is 0 Å². The summed E-state index contributed by atoms with van der Waals surface area (Å²) >= 11 is 6.25. The molecular weight excluding hydrogens is 376 g/mol. The van der Waals surface area contributed by atoms with Gasteiger partial charge in [-0.05, 0) is 43.7 Å². The third-order valence-corrected chi connectivity index (χ3v) is 7.64. The van der Waals surface area contributed by atoms with Crippen molar-refractivity contribution >= 4 is 20.4 Å². The summed E-state index contributed by atoms with van der Waals surface area (Å²) in [7, 11) is -2.67. The molecule has 3 nitrogen and oxygen atoms in total. The Kier molecular flexibility index (Phi) is 13.3. The first-order valence-corrected chi connectivity index (χ1v) is 13.1. The zero-order valence-corrected chi connectivity index (χ0v) is 19.5. The normalized spacial score (nSPS) is 13.1. The second-order valence-electron chi connectivity index (χ2n) is 7.15. The van der Waals surface area contributed by atoms with Gasteiger partial charge in [0, 0.05) is 25.9 Å². The molecule has 27 heavy (non-hydrogen) atoms. The van der Waals surface area contributed by atoms with Gasteiger partial charge in [0.05, 0.1) is 5.38 Å². The standard InChI is InChI=1S/C22H39ClO3Si/c1-5-8-15-24-27(25-16-9-6-2,26-17-10-7-3)18-14-21-12-11-13-22(19-21)20(4)23/h11-13,19-20H,5-10,14-18H2,1-4H3. The van der Waals surface area contributed by atoms with Crippen LogP contribution in [0.4, 0.5) is 0 Å². The average molecular weight is 415 g/mol. The van der Waals surface area contributed by atoms with E-state index >= 15 is 0 Å². The Labute approximate surface area is 173 Å². The third kappa shape index (κ3) is 10.1. The van der Waals surface area contributed by atoms with Gasteiger partial charge < -0.3 is 13.3 Å². The Hall–Kier alpha value is -0.393. The van der Waals surface area contributed by atoms with E-state index in [9.17, 15) is 0 Å². The predicted molar refractivity (Wildman–Crippen MR) is 118 cm³/mol. The number of hydrogen-bond acceptors (Lipinski definition) is 3. The van der Waals surface area contributed by atoms with Gasteiger partial charge in [-0.15, -0.1) is 11.6 Å². The van der Waals surface area contributed by atoms with E-state index in [-0.39, 0.29) is 5.38 Å². The molecule has 0 fully saturated rings. The van der Waals surface area contributed by atoms with Crippen molar-refractivity contribution in [2.24, 2.45) is 0 Å². The molecule has 1 aromatic rings. The van der Waals surface area contributed by atoms with E-state index in [1.165, 1.54) is 5.56 Å². The molecule has 0 aliphatic carbocycles. The first-order valence-electron chi connectivity index (χ1n) is 10.7. The molecule has 0 amide bonds. The molecule has 1 aromatic carbocycles. The van der Waals surface area contributed by atoms with Crippen LogP contribution in [0.25, 0.3) is 0 Å². The topological polar surface area (TPSA) is 27.7 Å². The van der Waals surface area contributed by atoms with Crippen molar-refractivity contribution in [1.82, 2.24) is 0 Å². The van der Waals surface area contributed by atoms with Gasteiger partial charge in [-0.25, -0.2) is 0 Å². The molecule has 0 heterocycles. The maximum absolute atomic E-state index is 6.33. The van der Waals surface area contributed by atoms with Crippen LogP contribution in [0.2, 0.25) is 6.04 Å². The molecule has 0 aliphatic heterocycles. The summed E-state index contributed by atoms with van der Waals surface area (Å²) in [5, 5.41) is 0.0226. The third-order valence-electron chi connectivity index (χ3n) is 4.59. The van der Waals surface area contributed by atoms with Crippen molar-refractivity contribution in [3.8, 4) is 0 Å². The molecule has 0 radical (unpaired) electrons. The summed E-state index contributed by atoms with van der Waals surface area (Å²) in [5.74, 6) is 0. The number of alkyl halides is 1. The predicted octanol–water partition coefficient (Wildman–Crippen LogP) is 6.92. The fourth-order valence-electron chi connectivity index (χ4n) is 2.75. The lowest BCUT2D eigenvalue weighted by Crippen LogP contribution is -2.47. The molecule has 1 atom stereocenters. The van der Waals surface area contributed by atoms with E-state index in [0.717, 1.165) is 76.4 Å². The van der Waals surface area contributed by atoms with Crippen LogP contribution in [0.3, 0.4) is 0 Å². The summed E-state index contributed by atoms with van der Waals surface area (Å²) in [5.41, 5.74) is 2.43. The van der Waals surface area contributed by atoms with Crippen LogP contribution in [0, 0.1) is 0 Å².